The van der Waals surface area contributed by atoms with Gasteiger partial charge in [-0.1, -0.05) is 17.2 Å². The number of nitrogens with zero attached hydrogens (tertiary/aromatic N) is 5. The number of halogens is 4. The molecule has 1 aliphatic rings. The lowest BCUT2D eigenvalue weighted by Gasteiger charge is -2.35. The van der Waals surface area contributed by atoms with Gasteiger partial charge in [-0.05, 0) is 88.4 Å². The van der Waals surface area contributed by atoms with Crippen molar-refractivity contribution in [2.75, 3.05) is 11.9 Å². The van der Waals surface area contributed by atoms with E-state index in [1.165, 1.54) is 23.2 Å². The van der Waals surface area contributed by atoms with Crippen LogP contribution in [-0.2, 0) is 20.7 Å². The summed E-state index contributed by atoms with van der Waals surface area (Å²) in [5.74, 6) is -5.44. The van der Waals surface area contributed by atoms with Crippen molar-refractivity contribution in [1.29, 1.82) is 0 Å². The number of amides is 2. The second-order valence-electron chi connectivity index (χ2n) is 12.3. The third kappa shape index (κ3) is 8.12. The molecule has 14 heteroatoms. The predicted molar refractivity (Wildman–Crippen MR) is 161 cm³/mol. The van der Waals surface area contributed by atoms with Crippen LogP contribution in [0.15, 0.2) is 60.0 Å². The van der Waals surface area contributed by atoms with Crippen molar-refractivity contribution >= 4 is 17.7 Å². The first-order valence-electron chi connectivity index (χ1n) is 14.4. The number of azide groups is 1. The lowest BCUT2D eigenvalue weighted by Crippen LogP contribution is -2.50. The fourth-order valence-corrected chi connectivity index (χ4v) is 5.43. The van der Waals surface area contributed by atoms with Crippen molar-refractivity contribution in [2.45, 2.75) is 76.8 Å². The van der Waals surface area contributed by atoms with E-state index in [9.17, 15) is 28.3 Å². The molecule has 0 spiro atoms. The molecule has 0 saturated carbocycles. The van der Waals surface area contributed by atoms with Gasteiger partial charge in [-0.3, -0.25) is 14.7 Å². The van der Waals surface area contributed by atoms with E-state index in [0.717, 1.165) is 30.5 Å². The molecule has 0 radical (unpaired) electrons. The number of hydrogen-bond acceptors (Lipinski definition) is 6. The number of nitrogens with one attached hydrogen (secondary N) is 1. The molecule has 244 valence electrons. The zero-order valence-corrected chi connectivity index (χ0v) is 25.9. The zero-order valence-electron chi connectivity index (χ0n) is 25.9. The highest BCUT2D eigenvalue weighted by Gasteiger charge is 2.45. The first-order chi connectivity index (χ1) is 21.6. The minimum absolute atomic E-state index is 0.0239. The van der Waals surface area contributed by atoms with Gasteiger partial charge >= 0.3 is 6.09 Å². The van der Waals surface area contributed by atoms with Crippen LogP contribution in [0.5, 0.6) is 0 Å². The molecular weight excluding hydrogens is 608 g/mol. The molecule has 2 heterocycles. The Hall–Kier alpha value is -4.68. The van der Waals surface area contributed by atoms with Gasteiger partial charge < -0.3 is 14.8 Å². The predicted octanol–water partition coefficient (Wildman–Crippen LogP) is 7.39. The third-order valence-electron chi connectivity index (χ3n) is 7.39. The Kier molecular flexibility index (Phi) is 10.2. The number of carbonyl (C=O) groups is 2. The van der Waals surface area contributed by atoms with E-state index < -0.39 is 64.6 Å². The van der Waals surface area contributed by atoms with E-state index in [4.69, 9.17) is 9.47 Å². The molecule has 1 aliphatic heterocycles. The van der Waals surface area contributed by atoms with Crippen molar-refractivity contribution in [1.82, 2.24) is 9.88 Å². The molecule has 2 amide bonds. The van der Waals surface area contributed by atoms with E-state index >= 15 is 4.39 Å². The number of benzene rings is 2. The smallest absolute Gasteiger partial charge is 0.412 e. The number of ether oxygens (including phenoxy) is 2. The number of rotatable bonds is 9. The summed E-state index contributed by atoms with van der Waals surface area (Å²) in [7, 11) is 0. The second kappa shape index (κ2) is 13.8. The summed E-state index contributed by atoms with van der Waals surface area (Å²) in [4.78, 5) is 34.9. The summed E-state index contributed by atoms with van der Waals surface area (Å²) in [6, 6.07) is 5.21. The Morgan fingerprint density at radius 2 is 1.74 bits per heavy atom. The molecule has 1 fully saturated rings. The van der Waals surface area contributed by atoms with Crippen molar-refractivity contribution in [2.24, 2.45) is 5.11 Å². The fraction of sp³-hybridized carbons (Fsp3) is 0.406. The molecule has 1 aromatic heterocycles. The summed E-state index contributed by atoms with van der Waals surface area (Å²) in [5.41, 5.74) is 7.79. The minimum Gasteiger partial charge on any atom is -0.444 e. The van der Waals surface area contributed by atoms with Gasteiger partial charge in [-0.15, -0.1) is 0 Å². The Bertz CT molecular complexity index is 1620. The Morgan fingerprint density at radius 1 is 1.09 bits per heavy atom. The van der Waals surface area contributed by atoms with Gasteiger partial charge in [-0.2, -0.15) is 0 Å². The van der Waals surface area contributed by atoms with Crippen LogP contribution in [0, 0.1) is 23.3 Å². The summed E-state index contributed by atoms with van der Waals surface area (Å²) in [5, 5.41) is 6.18. The summed E-state index contributed by atoms with van der Waals surface area (Å²) in [6.07, 6.45) is 1.82. The van der Waals surface area contributed by atoms with Crippen LogP contribution in [0.25, 0.3) is 10.4 Å². The average molecular weight is 643 g/mol. The van der Waals surface area contributed by atoms with Gasteiger partial charge in [0.05, 0.1) is 30.7 Å². The van der Waals surface area contributed by atoms with Crippen molar-refractivity contribution in [3.63, 3.8) is 0 Å². The van der Waals surface area contributed by atoms with Crippen LogP contribution in [0.2, 0.25) is 0 Å². The molecule has 10 nitrogen and oxygen atoms in total. The molecule has 4 rings (SSSR count). The van der Waals surface area contributed by atoms with Gasteiger partial charge in [0.2, 0.25) is 5.91 Å². The molecule has 1 saturated heterocycles. The Morgan fingerprint density at radius 3 is 2.35 bits per heavy atom. The van der Waals surface area contributed by atoms with Crippen LogP contribution in [0.3, 0.4) is 0 Å². The maximum absolute atomic E-state index is 15.2. The highest BCUT2D eigenvalue weighted by atomic mass is 19.1. The minimum atomic E-state index is -1.65. The number of carbonyl (C=O) groups excluding carboxylic acids is 2. The molecule has 1 unspecified atom stereocenters. The van der Waals surface area contributed by atoms with Gasteiger partial charge in [-0.25, -0.2) is 22.4 Å². The molecule has 1 N–H and O–H groups in total. The summed E-state index contributed by atoms with van der Waals surface area (Å²) < 4.78 is 69.0. The van der Waals surface area contributed by atoms with E-state index in [1.807, 2.05) is 0 Å². The van der Waals surface area contributed by atoms with E-state index in [0.29, 0.717) is 6.07 Å². The first-order valence-corrected chi connectivity index (χ1v) is 14.4. The number of hydrogen-bond donors (Lipinski definition) is 1. The quantitative estimate of drug-likeness (QED) is 0.113. The molecule has 2 aromatic carbocycles. The van der Waals surface area contributed by atoms with E-state index in [2.05, 4.69) is 20.3 Å². The highest BCUT2D eigenvalue weighted by Crippen LogP contribution is 2.35. The van der Waals surface area contributed by atoms with Crippen molar-refractivity contribution in [3.05, 3.63) is 105 Å². The fourth-order valence-electron chi connectivity index (χ4n) is 5.43. The molecule has 0 bridgehead atoms. The monoisotopic (exact) mass is 642 g/mol. The Labute approximate surface area is 263 Å². The largest absolute Gasteiger partial charge is 0.444 e. The standard InChI is InChI=1S/C32H34F4N6O4/c1-31(2,3)46-30(44)42-23(17-45-32(42,4)5)10-11-24-25(36)15-38-16-26(24)39-29(43)28(40-41-37)27(18-6-8-20(33)9-7-18)19-12-21(34)14-22(35)13-19/h6-9,12-16,23,27-28H,10-11,17H2,1-5H3,(H,39,43)/t23?,27-,28-/m0/s1. The highest BCUT2D eigenvalue weighted by molar-refractivity contribution is 5.96. The topological polar surface area (TPSA) is 130 Å². The lowest BCUT2D eigenvalue weighted by molar-refractivity contribution is -0.117. The van der Waals surface area contributed by atoms with Gasteiger partial charge in [0.15, 0.2) is 0 Å². The van der Waals surface area contributed by atoms with Crippen LogP contribution >= 0.6 is 0 Å². The van der Waals surface area contributed by atoms with Crippen LogP contribution < -0.4 is 5.32 Å². The molecule has 0 aliphatic carbocycles. The van der Waals surface area contributed by atoms with Gasteiger partial charge in [0.25, 0.3) is 0 Å². The zero-order chi connectivity index (χ0) is 33.8. The van der Waals surface area contributed by atoms with Crippen LogP contribution in [0.1, 0.15) is 63.6 Å². The molecule has 3 aromatic rings. The Balaban J connectivity index is 1.64. The maximum atomic E-state index is 15.2. The van der Waals surface area contributed by atoms with E-state index in [-0.39, 0.29) is 41.8 Å². The summed E-state index contributed by atoms with van der Waals surface area (Å²) in [6.45, 7) is 8.80. The van der Waals surface area contributed by atoms with Gasteiger partial charge in [0, 0.05) is 22.5 Å². The first kappa shape index (κ1) is 34.2. The van der Waals surface area contributed by atoms with Gasteiger partial charge in [0.1, 0.15) is 40.6 Å². The van der Waals surface area contributed by atoms with Crippen LogP contribution in [0.4, 0.5) is 28.0 Å². The summed E-state index contributed by atoms with van der Waals surface area (Å²) >= 11 is 0. The SMILES string of the molecule is CC(C)(C)OC(=O)N1C(CCc2c(F)cncc2NC(=O)[C@@H](N=[N+]=[N-])[C@@H](c2ccc(F)cc2)c2cc(F)cc(F)c2)COC1(C)C. The van der Waals surface area contributed by atoms with Crippen molar-refractivity contribution < 1.29 is 36.6 Å². The third-order valence-corrected chi connectivity index (χ3v) is 7.39. The molecular formula is C32H34F4N6O4. The normalized spacial score (nSPS) is 17.2. The number of anilines is 1. The maximum Gasteiger partial charge on any atom is 0.412 e. The second-order valence-corrected chi connectivity index (χ2v) is 12.3. The van der Waals surface area contributed by atoms with E-state index in [1.54, 1.807) is 34.6 Å². The van der Waals surface area contributed by atoms with Crippen molar-refractivity contribution in [3.8, 4) is 0 Å². The molecule has 46 heavy (non-hydrogen) atoms. The average Bonchev–Trinajstić information content (AvgIpc) is 3.25. The lowest BCUT2D eigenvalue weighted by atomic mass is 9.84. The molecule has 3 atom stereocenters. The van der Waals surface area contributed by atoms with Crippen LogP contribution in [-0.4, -0.2) is 51.9 Å². The number of aromatic nitrogens is 1. The number of pyridine rings is 1.